The van der Waals surface area contributed by atoms with Crippen molar-refractivity contribution < 1.29 is 24.5 Å². The highest BCUT2D eigenvalue weighted by Gasteiger charge is 2.14. The molecule has 110 valence electrons. The number of amides is 2. The molecular formula is C12H17N3O5. The molecule has 0 fully saturated rings. The second-order valence-corrected chi connectivity index (χ2v) is 4.19. The Kier molecular flexibility index (Phi) is 5.88. The van der Waals surface area contributed by atoms with E-state index in [1.807, 2.05) is 0 Å². The van der Waals surface area contributed by atoms with E-state index in [0.717, 1.165) is 0 Å². The largest absolute Gasteiger partial charge is 0.478 e. The molecular weight excluding hydrogens is 266 g/mol. The lowest BCUT2D eigenvalue weighted by molar-refractivity contribution is 0.0501. The fraction of sp³-hybridized carbons (Fsp3) is 0.417. The van der Waals surface area contributed by atoms with Crippen molar-refractivity contribution in [2.24, 2.45) is 0 Å². The Morgan fingerprint density at radius 1 is 1.50 bits per heavy atom. The number of pyridine rings is 1. The molecule has 0 saturated carbocycles. The van der Waals surface area contributed by atoms with E-state index in [2.05, 4.69) is 10.3 Å². The van der Waals surface area contributed by atoms with Gasteiger partial charge in [-0.2, -0.15) is 0 Å². The summed E-state index contributed by atoms with van der Waals surface area (Å²) in [5.74, 6) is -1.13. The maximum absolute atomic E-state index is 11.8. The van der Waals surface area contributed by atoms with Gasteiger partial charge in [0.2, 0.25) is 0 Å². The van der Waals surface area contributed by atoms with Crippen LogP contribution >= 0.6 is 0 Å². The van der Waals surface area contributed by atoms with Gasteiger partial charge in [-0.05, 0) is 6.07 Å². The second-order valence-electron chi connectivity index (χ2n) is 4.19. The molecule has 2 amide bonds. The molecule has 20 heavy (non-hydrogen) atoms. The van der Waals surface area contributed by atoms with Gasteiger partial charge in [-0.3, -0.25) is 4.98 Å². The monoisotopic (exact) mass is 283 g/mol. The Hall–Kier alpha value is -2.19. The van der Waals surface area contributed by atoms with Crippen LogP contribution in [0.1, 0.15) is 10.4 Å². The highest BCUT2D eigenvalue weighted by atomic mass is 16.5. The summed E-state index contributed by atoms with van der Waals surface area (Å²) in [6.45, 7) is 0.208. The van der Waals surface area contributed by atoms with Crippen molar-refractivity contribution in [3.63, 3.8) is 0 Å². The number of aromatic nitrogens is 1. The Morgan fingerprint density at radius 3 is 2.80 bits per heavy atom. The fourth-order valence-corrected chi connectivity index (χ4v) is 1.49. The van der Waals surface area contributed by atoms with Crippen LogP contribution in [0.2, 0.25) is 0 Å². The van der Waals surface area contributed by atoms with E-state index in [1.165, 1.54) is 37.5 Å². The number of hydrogen-bond donors (Lipinski definition) is 3. The van der Waals surface area contributed by atoms with Crippen molar-refractivity contribution in [2.75, 3.05) is 32.6 Å². The van der Waals surface area contributed by atoms with Crippen molar-refractivity contribution in [3.05, 3.63) is 24.0 Å². The average molecular weight is 283 g/mol. The molecule has 8 nitrogen and oxygen atoms in total. The molecule has 1 unspecified atom stereocenters. The molecule has 8 heteroatoms. The Bertz CT molecular complexity index is 480. The second kappa shape index (κ2) is 7.41. The predicted octanol–water partition coefficient (Wildman–Crippen LogP) is 0.251. The van der Waals surface area contributed by atoms with Crippen LogP contribution in [0, 0.1) is 0 Å². The van der Waals surface area contributed by atoms with Gasteiger partial charge < -0.3 is 25.2 Å². The summed E-state index contributed by atoms with van der Waals surface area (Å²) in [5, 5.41) is 20.8. The Labute approximate surface area is 116 Å². The van der Waals surface area contributed by atoms with Crippen LogP contribution in [0.25, 0.3) is 0 Å². The number of likely N-dealkylation sites (N-methyl/N-ethyl adjacent to an activating group) is 1. The standard InChI is InChI=1S/C12H17N3O5/c1-15(6-10(16)7-20-2)12(19)14-9-3-8(11(17)18)4-13-5-9/h3-5,10,16H,6-7H2,1-2H3,(H,14,19)(H,17,18). The molecule has 1 aromatic heterocycles. The summed E-state index contributed by atoms with van der Waals surface area (Å²) in [5.41, 5.74) is 0.243. The van der Waals surface area contributed by atoms with Crippen LogP contribution in [0.4, 0.5) is 10.5 Å². The zero-order valence-electron chi connectivity index (χ0n) is 11.2. The van der Waals surface area contributed by atoms with Crippen LogP contribution < -0.4 is 5.32 Å². The first kappa shape index (κ1) is 15.9. The molecule has 0 radical (unpaired) electrons. The molecule has 1 rings (SSSR count). The number of rotatable bonds is 6. The molecule has 3 N–H and O–H groups in total. The summed E-state index contributed by atoms with van der Waals surface area (Å²) < 4.78 is 4.76. The Morgan fingerprint density at radius 2 is 2.20 bits per heavy atom. The van der Waals surface area contributed by atoms with E-state index in [-0.39, 0.29) is 24.4 Å². The number of carbonyl (C=O) groups excluding carboxylic acids is 1. The van der Waals surface area contributed by atoms with Gasteiger partial charge in [0.1, 0.15) is 0 Å². The minimum Gasteiger partial charge on any atom is -0.478 e. The number of carboxylic acids is 1. The van der Waals surface area contributed by atoms with Crippen LogP contribution in [-0.2, 0) is 4.74 Å². The molecule has 0 aromatic carbocycles. The molecule has 1 aromatic rings. The van der Waals surface area contributed by atoms with Crippen molar-refractivity contribution >= 4 is 17.7 Å². The normalized spacial score (nSPS) is 11.8. The number of urea groups is 1. The first-order valence-corrected chi connectivity index (χ1v) is 5.81. The van der Waals surface area contributed by atoms with Gasteiger partial charge in [0, 0.05) is 20.4 Å². The third-order valence-electron chi connectivity index (χ3n) is 2.43. The van der Waals surface area contributed by atoms with E-state index in [0.29, 0.717) is 0 Å². The lowest BCUT2D eigenvalue weighted by atomic mass is 10.2. The van der Waals surface area contributed by atoms with Crippen LogP contribution in [0.3, 0.4) is 0 Å². The Balaban J connectivity index is 2.61. The number of nitrogens with zero attached hydrogens (tertiary/aromatic N) is 2. The summed E-state index contributed by atoms with van der Waals surface area (Å²) in [7, 11) is 2.95. The van der Waals surface area contributed by atoms with Gasteiger partial charge in [-0.25, -0.2) is 9.59 Å². The van der Waals surface area contributed by atoms with Crippen LogP contribution in [0.15, 0.2) is 18.5 Å². The number of ether oxygens (including phenoxy) is 1. The number of aliphatic hydroxyl groups is 1. The van der Waals surface area contributed by atoms with Crippen molar-refractivity contribution in [1.29, 1.82) is 0 Å². The highest BCUT2D eigenvalue weighted by molar-refractivity contribution is 5.92. The summed E-state index contributed by atoms with van der Waals surface area (Å²) in [6.07, 6.45) is 1.73. The molecule has 0 bridgehead atoms. The molecule has 0 saturated heterocycles. The summed E-state index contributed by atoms with van der Waals surface area (Å²) >= 11 is 0. The van der Waals surface area contributed by atoms with Crippen molar-refractivity contribution in [2.45, 2.75) is 6.10 Å². The van der Waals surface area contributed by atoms with Gasteiger partial charge in [-0.1, -0.05) is 0 Å². The smallest absolute Gasteiger partial charge is 0.337 e. The van der Waals surface area contributed by atoms with E-state index < -0.39 is 18.1 Å². The van der Waals surface area contributed by atoms with Gasteiger partial charge in [-0.15, -0.1) is 0 Å². The molecule has 0 spiro atoms. The molecule has 0 aliphatic carbocycles. The van der Waals surface area contributed by atoms with Crippen molar-refractivity contribution in [3.8, 4) is 0 Å². The minimum atomic E-state index is -1.13. The molecule has 1 atom stereocenters. The number of carboxylic acid groups (broad SMARTS) is 1. The zero-order chi connectivity index (χ0) is 15.1. The maximum Gasteiger partial charge on any atom is 0.337 e. The third kappa shape index (κ3) is 4.82. The van der Waals surface area contributed by atoms with Crippen molar-refractivity contribution in [1.82, 2.24) is 9.88 Å². The first-order valence-electron chi connectivity index (χ1n) is 5.81. The number of carbonyl (C=O) groups is 2. The summed E-state index contributed by atoms with van der Waals surface area (Å²) in [4.78, 5) is 27.6. The zero-order valence-corrected chi connectivity index (χ0v) is 11.2. The number of aromatic carboxylic acids is 1. The van der Waals surface area contributed by atoms with Gasteiger partial charge in [0.05, 0.1) is 36.7 Å². The van der Waals surface area contributed by atoms with Crippen LogP contribution in [0.5, 0.6) is 0 Å². The highest BCUT2D eigenvalue weighted by Crippen LogP contribution is 2.09. The average Bonchev–Trinajstić information content (AvgIpc) is 2.39. The predicted molar refractivity (Wildman–Crippen MR) is 70.7 cm³/mol. The van der Waals surface area contributed by atoms with E-state index in [4.69, 9.17) is 9.84 Å². The van der Waals surface area contributed by atoms with E-state index >= 15 is 0 Å². The minimum absolute atomic E-state index is 0.0233. The lowest BCUT2D eigenvalue weighted by Crippen LogP contribution is -2.38. The number of anilines is 1. The van der Waals surface area contributed by atoms with Gasteiger partial charge in [0.25, 0.3) is 0 Å². The molecule has 0 aliphatic rings. The number of aliphatic hydroxyl groups excluding tert-OH is 1. The third-order valence-corrected chi connectivity index (χ3v) is 2.43. The number of hydrogen-bond acceptors (Lipinski definition) is 5. The topological polar surface area (TPSA) is 112 Å². The quantitative estimate of drug-likeness (QED) is 0.690. The number of nitrogens with one attached hydrogen (secondary N) is 1. The SMILES string of the molecule is COCC(O)CN(C)C(=O)Nc1cncc(C(=O)O)c1. The fourth-order valence-electron chi connectivity index (χ4n) is 1.49. The summed E-state index contributed by atoms with van der Waals surface area (Å²) in [6, 6.07) is 0.816. The first-order chi connectivity index (χ1) is 9.43. The van der Waals surface area contributed by atoms with Crippen LogP contribution in [-0.4, -0.2) is 65.5 Å². The van der Waals surface area contributed by atoms with E-state index in [9.17, 15) is 14.7 Å². The lowest BCUT2D eigenvalue weighted by Gasteiger charge is -2.20. The molecule has 1 heterocycles. The van der Waals surface area contributed by atoms with E-state index in [1.54, 1.807) is 0 Å². The van der Waals surface area contributed by atoms with Gasteiger partial charge >= 0.3 is 12.0 Å². The maximum atomic E-state index is 11.8. The van der Waals surface area contributed by atoms with Gasteiger partial charge in [0.15, 0.2) is 0 Å². The number of methoxy groups -OCH3 is 1. The molecule has 0 aliphatic heterocycles.